The molecule has 2 aliphatic carbocycles. The molecule has 3 atom stereocenters. The van der Waals surface area contributed by atoms with Crippen molar-refractivity contribution in [3.05, 3.63) is 24.3 Å². The van der Waals surface area contributed by atoms with E-state index in [9.17, 15) is 9.59 Å². The Hall–Kier alpha value is -2.08. The summed E-state index contributed by atoms with van der Waals surface area (Å²) in [6.45, 7) is 0.550. The lowest BCUT2D eigenvalue weighted by molar-refractivity contribution is -0.117. The minimum Gasteiger partial charge on any atom is -0.447 e. The van der Waals surface area contributed by atoms with E-state index >= 15 is 0 Å². The van der Waals surface area contributed by atoms with Crippen LogP contribution >= 0.6 is 0 Å². The highest BCUT2D eigenvalue weighted by molar-refractivity contribution is 5.92. The van der Waals surface area contributed by atoms with Crippen molar-refractivity contribution >= 4 is 23.4 Å². The summed E-state index contributed by atoms with van der Waals surface area (Å²) in [6.07, 6.45) is 5.19. The van der Waals surface area contributed by atoms with Crippen LogP contribution in [0.25, 0.3) is 0 Å². The number of rotatable bonds is 7. The molecule has 0 heterocycles. The summed E-state index contributed by atoms with van der Waals surface area (Å²) in [6, 6.07) is 7.09. The Morgan fingerprint density at radius 2 is 1.92 bits per heavy atom. The number of ether oxygens (including phenoxy) is 2. The molecule has 2 aliphatic rings. The maximum absolute atomic E-state index is 12.3. The van der Waals surface area contributed by atoms with Gasteiger partial charge in [-0.25, -0.2) is 4.79 Å². The van der Waals surface area contributed by atoms with Crippen LogP contribution in [-0.2, 0) is 14.3 Å². The number of anilines is 2. The quantitative estimate of drug-likeness (QED) is 0.739. The second kappa shape index (κ2) is 8.34. The number of nitrogens with one attached hydrogen (secondary N) is 2. The second-order valence-electron chi connectivity index (χ2n) is 7.02. The van der Waals surface area contributed by atoms with Crippen molar-refractivity contribution in [2.75, 3.05) is 31.0 Å². The van der Waals surface area contributed by atoms with Gasteiger partial charge in [0.15, 0.2) is 0 Å². The van der Waals surface area contributed by atoms with Gasteiger partial charge in [0.1, 0.15) is 6.61 Å². The van der Waals surface area contributed by atoms with Gasteiger partial charge in [-0.05, 0) is 55.2 Å². The van der Waals surface area contributed by atoms with E-state index in [-0.39, 0.29) is 12.5 Å². The van der Waals surface area contributed by atoms with Gasteiger partial charge in [-0.3, -0.25) is 10.1 Å². The minimum atomic E-state index is -0.539. The number of amides is 2. The van der Waals surface area contributed by atoms with Crippen LogP contribution in [0.3, 0.4) is 0 Å². The summed E-state index contributed by atoms with van der Waals surface area (Å²) in [5, 5.41) is 5.58. The van der Waals surface area contributed by atoms with Gasteiger partial charge in [0.2, 0.25) is 5.91 Å². The number of fused-ring (bicyclic) bond motifs is 2. The third kappa shape index (κ3) is 4.95. The molecule has 3 unspecified atom stereocenters. The van der Waals surface area contributed by atoms with Crippen molar-refractivity contribution in [2.24, 2.45) is 17.8 Å². The number of methoxy groups -OCH3 is 1. The number of benzene rings is 1. The first kappa shape index (κ1) is 17.7. The molecule has 6 nitrogen and oxygen atoms in total. The Morgan fingerprint density at radius 3 is 2.60 bits per heavy atom. The van der Waals surface area contributed by atoms with Crippen LogP contribution in [0.1, 0.15) is 32.1 Å². The molecule has 1 aromatic carbocycles. The highest BCUT2D eigenvalue weighted by atomic mass is 16.6. The second-order valence-corrected chi connectivity index (χ2v) is 7.02. The summed E-state index contributed by atoms with van der Waals surface area (Å²) in [5.74, 6) is 2.18. The van der Waals surface area contributed by atoms with Gasteiger partial charge in [-0.2, -0.15) is 0 Å². The molecule has 25 heavy (non-hydrogen) atoms. The summed E-state index contributed by atoms with van der Waals surface area (Å²) in [5.41, 5.74) is 1.27. The van der Waals surface area contributed by atoms with Gasteiger partial charge in [0, 0.05) is 24.9 Å². The lowest BCUT2D eigenvalue weighted by atomic mass is 9.86. The van der Waals surface area contributed by atoms with Crippen molar-refractivity contribution in [2.45, 2.75) is 32.1 Å². The Balaban J connectivity index is 1.47. The summed E-state index contributed by atoms with van der Waals surface area (Å²) in [7, 11) is 1.55. The van der Waals surface area contributed by atoms with E-state index in [0.717, 1.165) is 11.8 Å². The molecule has 1 aromatic rings. The lowest BCUT2D eigenvalue weighted by Crippen LogP contribution is -2.20. The van der Waals surface area contributed by atoms with E-state index in [2.05, 4.69) is 10.6 Å². The molecular formula is C19H26N2O4. The van der Waals surface area contributed by atoms with E-state index in [1.165, 1.54) is 25.7 Å². The Morgan fingerprint density at radius 1 is 1.12 bits per heavy atom. The van der Waals surface area contributed by atoms with Crippen molar-refractivity contribution in [3.8, 4) is 0 Å². The van der Waals surface area contributed by atoms with Crippen molar-refractivity contribution in [3.63, 3.8) is 0 Å². The predicted molar refractivity (Wildman–Crippen MR) is 95.5 cm³/mol. The third-order valence-electron chi connectivity index (χ3n) is 5.25. The fraction of sp³-hybridized carbons (Fsp3) is 0.579. The molecule has 2 fully saturated rings. The molecule has 136 valence electrons. The number of hydrogen-bond donors (Lipinski definition) is 2. The smallest absolute Gasteiger partial charge is 0.411 e. The van der Waals surface area contributed by atoms with Gasteiger partial charge < -0.3 is 14.8 Å². The van der Waals surface area contributed by atoms with Gasteiger partial charge in [0.05, 0.1) is 6.61 Å². The summed E-state index contributed by atoms with van der Waals surface area (Å²) >= 11 is 0. The third-order valence-corrected chi connectivity index (χ3v) is 5.25. The Kier molecular flexibility index (Phi) is 5.91. The molecule has 3 rings (SSSR count). The molecule has 0 saturated heterocycles. The molecule has 0 radical (unpaired) electrons. The van der Waals surface area contributed by atoms with Gasteiger partial charge in [0.25, 0.3) is 0 Å². The molecule has 2 bridgehead atoms. The van der Waals surface area contributed by atoms with Gasteiger partial charge in [-0.1, -0.05) is 12.5 Å². The van der Waals surface area contributed by atoms with E-state index in [1.54, 1.807) is 25.3 Å². The van der Waals surface area contributed by atoms with Crippen LogP contribution in [0, 0.1) is 17.8 Å². The largest absolute Gasteiger partial charge is 0.447 e. The first-order chi connectivity index (χ1) is 12.1. The Labute approximate surface area is 148 Å². The van der Waals surface area contributed by atoms with Gasteiger partial charge in [-0.15, -0.1) is 0 Å². The van der Waals surface area contributed by atoms with Crippen LogP contribution in [0.2, 0.25) is 0 Å². The van der Waals surface area contributed by atoms with E-state index in [4.69, 9.17) is 9.47 Å². The van der Waals surface area contributed by atoms with Crippen LogP contribution in [0.15, 0.2) is 24.3 Å². The topological polar surface area (TPSA) is 76.7 Å². The normalized spacial score (nSPS) is 24.1. The molecular weight excluding hydrogens is 320 g/mol. The number of hydrogen-bond acceptors (Lipinski definition) is 4. The van der Waals surface area contributed by atoms with Crippen molar-refractivity contribution in [1.29, 1.82) is 0 Å². The van der Waals surface area contributed by atoms with Crippen LogP contribution in [-0.4, -0.2) is 32.3 Å². The molecule has 2 amide bonds. The highest BCUT2D eigenvalue weighted by Crippen LogP contribution is 2.49. The predicted octanol–water partition coefficient (Wildman–Crippen LogP) is 3.65. The minimum absolute atomic E-state index is 0.0531. The standard InChI is InChI=1S/C19H26N2O4/c1-24-7-8-25-19(23)21-17-4-2-3-16(12-17)20-18(22)11-15-10-13-5-6-14(15)9-13/h2-4,12-15H,5-11H2,1H3,(H,20,22)(H,21,23). The average molecular weight is 346 g/mol. The molecule has 6 heteroatoms. The summed E-state index contributed by atoms with van der Waals surface area (Å²) in [4.78, 5) is 24.0. The summed E-state index contributed by atoms with van der Waals surface area (Å²) < 4.78 is 9.79. The number of carbonyl (C=O) groups is 2. The van der Waals surface area contributed by atoms with E-state index < -0.39 is 6.09 Å². The SMILES string of the molecule is COCCOC(=O)Nc1cccc(NC(=O)CC2CC3CCC2C3)c1. The molecule has 0 spiro atoms. The van der Waals surface area contributed by atoms with E-state index in [1.807, 2.05) is 6.07 Å². The Bertz CT molecular complexity index is 619. The van der Waals surface area contributed by atoms with Crippen LogP contribution in [0.4, 0.5) is 16.2 Å². The molecule has 2 N–H and O–H groups in total. The first-order valence-electron chi connectivity index (χ1n) is 8.96. The zero-order valence-corrected chi connectivity index (χ0v) is 14.6. The van der Waals surface area contributed by atoms with E-state index in [0.29, 0.717) is 30.3 Å². The molecule has 0 aliphatic heterocycles. The molecule has 0 aromatic heterocycles. The zero-order chi connectivity index (χ0) is 17.6. The van der Waals surface area contributed by atoms with Crippen molar-refractivity contribution < 1.29 is 19.1 Å². The van der Waals surface area contributed by atoms with Crippen LogP contribution < -0.4 is 10.6 Å². The maximum atomic E-state index is 12.3. The fourth-order valence-electron chi connectivity index (χ4n) is 4.12. The van der Waals surface area contributed by atoms with Gasteiger partial charge >= 0.3 is 6.09 Å². The van der Waals surface area contributed by atoms with Crippen molar-refractivity contribution in [1.82, 2.24) is 0 Å². The fourth-order valence-corrected chi connectivity index (χ4v) is 4.12. The molecule has 2 saturated carbocycles. The lowest BCUT2D eigenvalue weighted by Gasteiger charge is -2.21. The van der Waals surface area contributed by atoms with Crippen LogP contribution in [0.5, 0.6) is 0 Å². The first-order valence-corrected chi connectivity index (χ1v) is 8.96. The zero-order valence-electron chi connectivity index (χ0n) is 14.6. The highest BCUT2D eigenvalue weighted by Gasteiger charge is 2.40. The maximum Gasteiger partial charge on any atom is 0.411 e. The number of carbonyl (C=O) groups excluding carboxylic acids is 2. The monoisotopic (exact) mass is 346 g/mol. The average Bonchev–Trinajstić information content (AvgIpc) is 3.18.